The number of para-hydroxylation sites is 1. The molecule has 0 saturated carbocycles. The Kier molecular flexibility index (Phi) is 4.06. The Morgan fingerprint density at radius 3 is 2.65 bits per heavy atom. The fourth-order valence-corrected chi connectivity index (χ4v) is 1.64. The zero-order valence-electron chi connectivity index (χ0n) is 10.5. The lowest BCUT2D eigenvalue weighted by Crippen LogP contribution is -2.35. The van der Waals surface area contributed by atoms with Crippen molar-refractivity contribution in [2.24, 2.45) is 5.84 Å². The van der Waals surface area contributed by atoms with Crippen LogP contribution >= 0.6 is 0 Å². The van der Waals surface area contributed by atoms with Gasteiger partial charge in [-0.05, 0) is 12.1 Å². The molecule has 1 aromatic heterocycles. The Morgan fingerprint density at radius 1 is 1.20 bits per heavy atom. The number of nitrogens with zero attached hydrogens (tertiary/aromatic N) is 2. The van der Waals surface area contributed by atoms with Crippen LogP contribution in [-0.2, 0) is 9.59 Å². The zero-order chi connectivity index (χ0) is 14.5. The number of benzene rings is 1. The Balaban J connectivity index is 2.14. The van der Waals surface area contributed by atoms with E-state index in [1.54, 1.807) is 24.3 Å². The SMILES string of the molecule is NNC(=O)CCC(=O)Nn1cnc2ccccc2c1=O. The number of fused-ring (bicyclic) bond motifs is 1. The quantitative estimate of drug-likeness (QED) is 0.385. The molecule has 0 atom stereocenters. The van der Waals surface area contributed by atoms with Crippen molar-refractivity contribution in [3.05, 3.63) is 40.9 Å². The molecule has 104 valence electrons. The van der Waals surface area contributed by atoms with Gasteiger partial charge in [0.05, 0.1) is 10.9 Å². The number of carbonyl (C=O) groups is 2. The largest absolute Gasteiger partial charge is 0.294 e. The van der Waals surface area contributed by atoms with Gasteiger partial charge in [0.15, 0.2) is 0 Å². The van der Waals surface area contributed by atoms with Crippen molar-refractivity contribution >= 4 is 22.7 Å². The van der Waals surface area contributed by atoms with Crippen molar-refractivity contribution in [1.29, 1.82) is 0 Å². The molecule has 0 aliphatic carbocycles. The third kappa shape index (κ3) is 2.98. The number of amides is 2. The van der Waals surface area contributed by atoms with Gasteiger partial charge in [-0.15, -0.1) is 0 Å². The first-order valence-electron chi connectivity index (χ1n) is 5.87. The normalized spacial score (nSPS) is 10.2. The van der Waals surface area contributed by atoms with Gasteiger partial charge in [0.25, 0.3) is 5.56 Å². The van der Waals surface area contributed by atoms with Crippen LogP contribution in [0.1, 0.15) is 12.8 Å². The number of hydrogen-bond acceptors (Lipinski definition) is 5. The van der Waals surface area contributed by atoms with Crippen LogP contribution in [0.4, 0.5) is 0 Å². The molecular weight excluding hydrogens is 262 g/mol. The molecule has 0 aliphatic heterocycles. The third-order valence-electron chi connectivity index (χ3n) is 2.65. The summed E-state index contributed by atoms with van der Waals surface area (Å²) < 4.78 is 0.991. The fourth-order valence-electron chi connectivity index (χ4n) is 1.64. The molecule has 4 N–H and O–H groups in total. The summed E-state index contributed by atoms with van der Waals surface area (Å²) in [5, 5.41) is 0.398. The van der Waals surface area contributed by atoms with Gasteiger partial charge in [-0.3, -0.25) is 25.2 Å². The van der Waals surface area contributed by atoms with Crippen LogP contribution in [0.5, 0.6) is 0 Å². The second-order valence-corrected chi connectivity index (χ2v) is 4.04. The summed E-state index contributed by atoms with van der Waals surface area (Å²) in [6.07, 6.45) is 1.09. The van der Waals surface area contributed by atoms with Gasteiger partial charge < -0.3 is 0 Å². The molecule has 2 amide bonds. The van der Waals surface area contributed by atoms with Crippen LogP contribution in [0, 0.1) is 0 Å². The molecule has 1 heterocycles. The van der Waals surface area contributed by atoms with Crippen molar-refractivity contribution in [2.75, 3.05) is 5.43 Å². The molecule has 2 rings (SSSR count). The van der Waals surface area contributed by atoms with Crippen molar-refractivity contribution in [3.8, 4) is 0 Å². The van der Waals surface area contributed by atoms with Gasteiger partial charge in [-0.2, -0.15) is 0 Å². The van der Waals surface area contributed by atoms with E-state index in [1.165, 1.54) is 6.33 Å². The molecule has 20 heavy (non-hydrogen) atoms. The molecule has 1 aromatic carbocycles. The van der Waals surface area contributed by atoms with Crippen molar-refractivity contribution in [3.63, 3.8) is 0 Å². The number of rotatable bonds is 4. The maximum absolute atomic E-state index is 12.1. The second-order valence-electron chi connectivity index (χ2n) is 4.04. The number of nitrogens with one attached hydrogen (secondary N) is 2. The van der Waals surface area contributed by atoms with Gasteiger partial charge >= 0.3 is 0 Å². The summed E-state index contributed by atoms with van der Waals surface area (Å²) in [7, 11) is 0. The monoisotopic (exact) mass is 275 g/mol. The maximum atomic E-state index is 12.1. The van der Waals surface area contributed by atoms with Crippen molar-refractivity contribution < 1.29 is 9.59 Å². The minimum absolute atomic E-state index is 0.0574. The molecule has 0 aliphatic rings. The average Bonchev–Trinajstić information content (AvgIpc) is 2.48. The van der Waals surface area contributed by atoms with E-state index < -0.39 is 11.8 Å². The number of hydrogen-bond donors (Lipinski definition) is 3. The smallest absolute Gasteiger partial charge is 0.280 e. The van der Waals surface area contributed by atoms with Crippen LogP contribution in [0.25, 0.3) is 10.9 Å². The van der Waals surface area contributed by atoms with Crippen LogP contribution in [-0.4, -0.2) is 21.5 Å². The minimum Gasteiger partial charge on any atom is -0.294 e. The van der Waals surface area contributed by atoms with Gasteiger partial charge in [0.2, 0.25) is 11.8 Å². The summed E-state index contributed by atoms with van der Waals surface area (Å²) >= 11 is 0. The predicted molar refractivity (Wildman–Crippen MR) is 71.9 cm³/mol. The molecule has 0 fully saturated rings. The van der Waals surface area contributed by atoms with Crippen molar-refractivity contribution in [1.82, 2.24) is 15.1 Å². The van der Waals surface area contributed by atoms with Crippen molar-refractivity contribution in [2.45, 2.75) is 12.8 Å². The molecule has 0 bridgehead atoms. The van der Waals surface area contributed by atoms with E-state index in [9.17, 15) is 14.4 Å². The highest BCUT2D eigenvalue weighted by molar-refractivity contribution is 5.88. The molecule has 8 heteroatoms. The van der Waals surface area contributed by atoms with Crippen LogP contribution in [0.3, 0.4) is 0 Å². The van der Waals surface area contributed by atoms with E-state index >= 15 is 0 Å². The molecule has 0 spiro atoms. The second kappa shape index (κ2) is 5.93. The highest BCUT2D eigenvalue weighted by atomic mass is 16.2. The summed E-state index contributed by atoms with van der Waals surface area (Å²) in [4.78, 5) is 38.6. The standard InChI is InChI=1S/C12H13N5O3/c13-15-10(18)5-6-11(19)16-17-7-14-9-4-2-1-3-8(9)12(17)20/h1-4,7H,5-6,13H2,(H,15,18)(H,16,19). The van der Waals surface area contributed by atoms with Gasteiger partial charge in [0, 0.05) is 12.8 Å². The zero-order valence-corrected chi connectivity index (χ0v) is 10.5. The average molecular weight is 275 g/mol. The molecular formula is C12H13N5O3. The number of hydrazine groups is 1. The molecule has 2 aromatic rings. The number of carbonyl (C=O) groups excluding carboxylic acids is 2. The Morgan fingerprint density at radius 2 is 1.90 bits per heavy atom. The summed E-state index contributed by atoms with van der Waals surface area (Å²) in [5.41, 5.74) is 4.45. The Hall–Kier alpha value is -2.74. The molecule has 0 unspecified atom stereocenters. The third-order valence-corrected chi connectivity index (χ3v) is 2.65. The van der Waals surface area contributed by atoms with E-state index in [2.05, 4.69) is 10.4 Å². The molecule has 8 nitrogen and oxygen atoms in total. The predicted octanol–water partition coefficient (Wildman–Crippen LogP) is -0.763. The van der Waals surface area contributed by atoms with E-state index in [0.29, 0.717) is 10.9 Å². The highest BCUT2D eigenvalue weighted by Gasteiger charge is 2.08. The number of nitrogens with two attached hydrogens (primary N) is 1. The van der Waals surface area contributed by atoms with Gasteiger partial charge in [-0.25, -0.2) is 15.5 Å². The molecule has 0 saturated heterocycles. The van der Waals surface area contributed by atoms with Crippen LogP contribution in [0.15, 0.2) is 35.4 Å². The van der Waals surface area contributed by atoms with Crippen LogP contribution in [0.2, 0.25) is 0 Å². The summed E-state index contributed by atoms with van der Waals surface area (Å²) in [5.74, 6) is 3.97. The summed E-state index contributed by atoms with van der Waals surface area (Å²) in [6, 6.07) is 6.80. The lowest BCUT2D eigenvalue weighted by atomic mass is 10.2. The van der Waals surface area contributed by atoms with E-state index in [0.717, 1.165) is 4.68 Å². The summed E-state index contributed by atoms with van der Waals surface area (Å²) in [6.45, 7) is 0. The molecule has 0 radical (unpaired) electrons. The fraction of sp³-hybridized carbons (Fsp3) is 0.167. The lowest BCUT2D eigenvalue weighted by molar-refractivity contribution is -0.124. The van der Waals surface area contributed by atoms with Gasteiger partial charge in [0.1, 0.15) is 6.33 Å². The van der Waals surface area contributed by atoms with Gasteiger partial charge in [-0.1, -0.05) is 12.1 Å². The van der Waals surface area contributed by atoms with E-state index in [1.807, 2.05) is 5.43 Å². The number of aromatic nitrogens is 2. The minimum atomic E-state index is -0.479. The maximum Gasteiger partial charge on any atom is 0.280 e. The van der Waals surface area contributed by atoms with E-state index in [4.69, 9.17) is 5.84 Å². The topological polar surface area (TPSA) is 119 Å². The lowest BCUT2D eigenvalue weighted by Gasteiger charge is -2.08. The van der Waals surface area contributed by atoms with E-state index in [-0.39, 0.29) is 18.4 Å². The van der Waals surface area contributed by atoms with Crippen LogP contribution < -0.4 is 22.3 Å². The first kappa shape index (κ1) is 13.7. The Labute approximate surface area is 113 Å². The highest BCUT2D eigenvalue weighted by Crippen LogP contribution is 2.03. The first-order chi connectivity index (χ1) is 9.61. The Bertz CT molecular complexity index is 710. The first-order valence-corrected chi connectivity index (χ1v) is 5.87.